The Kier molecular flexibility index (Phi) is 5.00. The molecule has 1 heterocycles. The topological polar surface area (TPSA) is 46.9 Å². The minimum absolute atomic E-state index is 0.0137. The summed E-state index contributed by atoms with van der Waals surface area (Å²) < 4.78 is 1.77. The number of nitrogens with zero attached hydrogens (tertiary/aromatic N) is 2. The molecule has 1 atom stereocenters. The van der Waals surface area contributed by atoms with Crippen molar-refractivity contribution in [2.24, 2.45) is 0 Å². The van der Waals surface area contributed by atoms with Crippen molar-refractivity contribution in [2.45, 2.75) is 40.2 Å². The van der Waals surface area contributed by atoms with Crippen molar-refractivity contribution in [1.29, 1.82) is 0 Å². The molecule has 4 heteroatoms. The predicted molar refractivity (Wildman–Crippen MR) is 104 cm³/mol. The van der Waals surface area contributed by atoms with Crippen molar-refractivity contribution in [2.75, 3.05) is 6.54 Å². The summed E-state index contributed by atoms with van der Waals surface area (Å²) in [5, 5.41) is 4.10. The molecule has 0 aliphatic carbocycles. The molecule has 1 N–H and O–H groups in total. The first-order valence-corrected chi connectivity index (χ1v) is 8.89. The zero-order valence-electron chi connectivity index (χ0n) is 15.3. The summed E-state index contributed by atoms with van der Waals surface area (Å²) in [5.41, 5.74) is 3.99. The number of rotatable bonds is 5. The van der Waals surface area contributed by atoms with Gasteiger partial charge in [0.15, 0.2) is 0 Å². The van der Waals surface area contributed by atoms with Gasteiger partial charge in [0.25, 0.3) is 5.56 Å². The van der Waals surface area contributed by atoms with E-state index in [-0.39, 0.29) is 11.6 Å². The second-order valence-electron chi connectivity index (χ2n) is 6.41. The van der Waals surface area contributed by atoms with Crippen LogP contribution in [-0.2, 0) is 0 Å². The standard InChI is InChI=1S/C21H25N3O/c1-5-18(22-6-2)20-23-19-10-8-7-9-17(19)21(25)24(20)16-12-11-14(3)15(4)13-16/h7-13,18,22H,5-6H2,1-4H3/t18-/m1/s1. The Labute approximate surface area is 148 Å². The summed E-state index contributed by atoms with van der Waals surface area (Å²) in [7, 11) is 0. The highest BCUT2D eigenvalue weighted by molar-refractivity contribution is 5.77. The summed E-state index contributed by atoms with van der Waals surface area (Å²) in [6, 6.07) is 13.7. The van der Waals surface area contributed by atoms with E-state index in [4.69, 9.17) is 4.98 Å². The molecule has 0 radical (unpaired) electrons. The summed E-state index contributed by atoms with van der Waals surface area (Å²) >= 11 is 0. The van der Waals surface area contributed by atoms with E-state index < -0.39 is 0 Å². The first kappa shape index (κ1) is 17.4. The zero-order chi connectivity index (χ0) is 18.0. The second kappa shape index (κ2) is 7.19. The van der Waals surface area contributed by atoms with Crippen LogP contribution in [0.1, 0.15) is 43.3 Å². The van der Waals surface area contributed by atoms with Crippen LogP contribution in [0.25, 0.3) is 16.6 Å². The molecule has 0 aliphatic rings. The van der Waals surface area contributed by atoms with E-state index in [9.17, 15) is 4.79 Å². The molecule has 2 aromatic carbocycles. The lowest BCUT2D eigenvalue weighted by Gasteiger charge is -2.21. The third-order valence-corrected chi connectivity index (χ3v) is 4.72. The number of fused-ring (bicyclic) bond motifs is 1. The molecule has 0 amide bonds. The maximum Gasteiger partial charge on any atom is 0.266 e. The Morgan fingerprint density at radius 1 is 1.08 bits per heavy atom. The Bertz CT molecular complexity index is 959. The summed E-state index contributed by atoms with van der Waals surface area (Å²) in [6.45, 7) is 9.16. The molecular formula is C21H25N3O. The SMILES string of the molecule is CCN[C@H](CC)c1nc2ccccc2c(=O)n1-c1ccc(C)c(C)c1. The normalized spacial score (nSPS) is 12.5. The average Bonchev–Trinajstić information content (AvgIpc) is 2.62. The Balaban J connectivity index is 2.35. The first-order valence-electron chi connectivity index (χ1n) is 8.89. The minimum Gasteiger partial charge on any atom is -0.308 e. The van der Waals surface area contributed by atoms with Gasteiger partial charge in [-0.2, -0.15) is 0 Å². The van der Waals surface area contributed by atoms with Crippen LogP contribution in [0.15, 0.2) is 47.3 Å². The van der Waals surface area contributed by atoms with Gasteiger partial charge in [-0.1, -0.05) is 32.0 Å². The number of hydrogen-bond acceptors (Lipinski definition) is 3. The van der Waals surface area contributed by atoms with Gasteiger partial charge in [0.05, 0.1) is 22.6 Å². The lowest BCUT2D eigenvalue weighted by atomic mass is 10.1. The third-order valence-electron chi connectivity index (χ3n) is 4.72. The van der Waals surface area contributed by atoms with Crippen molar-refractivity contribution < 1.29 is 0 Å². The molecule has 0 unspecified atom stereocenters. The van der Waals surface area contributed by atoms with Crippen LogP contribution in [0.3, 0.4) is 0 Å². The largest absolute Gasteiger partial charge is 0.308 e. The quantitative estimate of drug-likeness (QED) is 0.765. The number of nitrogens with one attached hydrogen (secondary N) is 1. The van der Waals surface area contributed by atoms with E-state index in [0.29, 0.717) is 5.39 Å². The van der Waals surface area contributed by atoms with Crippen molar-refractivity contribution >= 4 is 10.9 Å². The van der Waals surface area contributed by atoms with Gasteiger partial charge in [-0.05, 0) is 62.2 Å². The van der Waals surface area contributed by atoms with E-state index in [1.165, 1.54) is 11.1 Å². The van der Waals surface area contributed by atoms with Gasteiger partial charge >= 0.3 is 0 Å². The van der Waals surface area contributed by atoms with Crippen molar-refractivity contribution in [3.05, 3.63) is 69.8 Å². The number of hydrogen-bond donors (Lipinski definition) is 1. The molecule has 3 rings (SSSR count). The summed E-state index contributed by atoms with van der Waals surface area (Å²) in [4.78, 5) is 18.1. The number of aryl methyl sites for hydroxylation is 2. The molecule has 0 bridgehead atoms. The summed E-state index contributed by atoms with van der Waals surface area (Å²) in [6.07, 6.45) is 0.865. The van der Waals surface area contributed by atoms with Crippen LogP contribution in [0.5, 0.6) is 0 Å². The molecule has 1 aromatic heterocycles. The van der Waals surface area contributed by atoms with Crippen LogP contribution in [0.4, 0.5) is 0 Å². The van der Waals surface area contributed by atoms with Crippen molar-refractivity contribution in [3.8, 4) is 5.69 Å². The van der Waals surface area contributed by atoms with Gasteiger partial charge in [-0.25, -0.2) is 4.98 Å². The van der Waals surface area contributed by atoms with Crippen molar-refractivity contribution in [3.63, 3.8) is 0 Å². The molecule has 0 saturated carbocycles. The lowest BCUT2D eigenvalue weighted by molar-refractivity contribution is 0.498. The Hall–Kier alpha value is -2.46. The fourth-order valence-electron chi connectivity index (χ4n) is 3.16. The molecule has 0 fully saturated rings. The van der Waals surface area contributed by atoms with Gasteiger partial charge in [-0.3, -0.25) is 9.36 Å². The molecule has 0 saturated heterocycles. The highest BCUT2D eigenvalue weighted by Gasteiger charge is 2.19. The number of benzene rings is 2. The lowest BCUT2D eigenvalue weighted by Crippen LogP contribution is -2.31. The first-order chi connectivity index (χ1) is 12.1. The maximum absolute atomic E-state index is 13.3. The highest BCUT2D eigenvalue weighted by atomic mass is 16.1. The molecule has 25 heavy (non-hydrogen) atoms. The second-order valence-corrected chi connectivity index (χ2v) is 6.41. The Morgan fingerprint density at radius 2 is 1.84 bits per heavy atom. The van der Waals surface area contributed by atoms with Crippen LogP contribution in [-0.4, -0.2) is 16.1 Å². The number of aromatic nitrogens is 2. The van der Waals surface area contributed by atoms with Gasteiger partial charge in [0.2, 0.25) is 0 Å². The Morgan fingerprint density at radius 3 is 2.52 bits per heavy atom. The third kappa shape index (κ3) is 3.22. The van der Waals surface area contributed by atoms with E-state index in [1.54, 1.807) is 4.57 Å². The molecule has 0 spiro atoms. The van der Waals surface area contributed by atoms with Gasteiger partial charge < -0.3 is 5.32 Å². The zero-order valence-corrected chi connectivity index (χ0v) is 15.3. The maximum atomic E-state index is 13.3. The summed E-state index contributed by atoms with van der Waals surface area (Å²) in [5.74, 6) is 0.774. The van der Waals surface area contributed by atoms with E-state index >= 15 is 0 Å². The monoisotopic (exact) mass is 335 g/mol. The van der Waals surface area contributed by atoms with Gasteiger partial charge in [0.1, 0.15) is 5.82 Å². The van der Waals surface area contributed by atoms with Crippen molar-refractivity contribution in [1.82, 2.24) is 14.9 Å². The van der Waals surface area contributed by atoms with E-state index in [1.807, 2.05) is 30.3 Å². The fourth-order valence-corrected chi connectivity index (χ4v) is 3.16. The molecule has 3 aromatic rings. The van der Waals surface area contributed by atoms with Gasteiger partial charge in [-0.15, -0.1) is 0 Å². The van der Waals surface area contributed by atoms with Crippen LogP contribution in [0.2, 0.25) is 0 Å². The smallest absolute Gasteiger partial charge is 0.266 e. The van der Waals surface area contributed by atoms with Gasteiger partial charge in [0, 0.05) is 0 Å². The highest BCUT2D eigenvalue weighted by Crippen LogP contribution is 2.21. The number of para-hydroxylation sites is 1. The van der Waals surface area contributed by atoms with Crippen LogP contribution < -0.4 is 10.9 Å². The average molecular weight is 335 g/mol. The molecule has 0 aliphatic heterocycles. The molecule has 4 nitrogen and oxygen atoms in total. The molecule has 130 valence electrons. The fraction of sp³-hybridized carbons (Fsp3) is 0.333. The predicted octanol–water partition coefficient (Wildman–Crippen LogP) is 4.06. The van der Waals surface area contributed by atoms with E-state index in [2.05, 4.69) is 45.1 Å². The van der Waals surface area contributed by atoms with E-state index in [0.717, 1.165) is 30.0 Å². The molecular weight excluding hydrogens is 310 g/mol. The van der Waals surface area contributed by atoms with Crippen LogP contribution >= 0.6 is 0 Å². The minimum atomic E-state index is -0.0137. The van der Waals surface area contributed by atoms with Crippen LogP contribution in [0, 0.1) is 13.8 Å².